The van der Waals surface area contributed by atoms with E-state index in [1.807, 2.05) is 36.4 Å². The molecule has 2 aromatic carbocycles. The number of hydrogen-bond donors (Lipinski definition) is 2. The molecule has 0 radical (unpaired) electrons. The minimum absolute atomic E-state index is 0.397. The summed E-state index contributed by atoms with van der Waals surface area (Å²) >= 11 is 0. The summed E-state index contributed by atoms with van der Waals surface area (Å²) in [5.41, 5.74) is 9.61. The summed E-state index contributed by atoms with van der Waals surface area (Å²) in [6.07, 6.45) is 1.72. The maximum atomic E-state index is 9.11. The van der Waals surface area contributed by atoms with Crippen LogP contribution in [0.4, 0.5) is 5.95 Å². The summed E-state index contributed by atoms with van der Waals surface area (Å²) in [6.45, 7) is 2.64. The largest absolute Gasteiger partial charge is 0.370 e. The van der Waals surface area contributed by atoms with Gasteiger partial charge in [0.25, 0.3) is 0 Å². The third kappa shape index (κ3) is 2.70. The Morgan fingerprint density at radius 2 is 1.96 bits per heavy atom. The summed E-state index contributed by atoms with van der Waals surface area (Å²) in [5.74, 6) is 1.20. The zero-order valence-corrected chi connectivity index (χ0v) is 15.5. The molecular weight excluding hydrogens is 350 g/mol. The number of nitrogens with zero attached hydrogens (tertiary/aromatic N) is 5. The first-order chi connectivity index (χ1) is 13.7. The number of aromatic nitrogens is 2. The summed E-state index contributed by atoms with van der Waals surface area (Å²) < 4.78 is 2.21. The predicted molar refractivity (Wildman–Crippen MR) is 109 cm³/mol. The Morgan fingerprint density at radius 1 is 1.14 bits per heavy atom. The lowest BCUT2D eigenvalue weighted by atomic mass is 9.95. The number of piperidine rings is 1. The van der Waals surface area contributed by atoms with Crippen LogP contribution in [0.15, 0.2) is 53.5 Å². The standard InChI is InChI=1S/C21H21N7/c22-13-15-4-3-5-16(12-15)14-27-10-8-21(9-11-27)26-19(23)25-20-24-17-6-1-2-7-18(17)28(20)21/h1-7,12H,8-11,14H2,(H3,23,24,25,26). The molecule has 28 heavy (non-hydrogen) atoms. The number of rotatable bonds is 2. The van der Waals surface area contributed by atoms with E-state index in [0.29, 0.717) is 11.5 Å². The first-order valence-corrected chi connectivity index (χ1v) is 9.49. The Bertz CT molecular complexity index is 1110. The van der Waals surface area contributed by atoms with Crippen LogP contribution in [0.3, 0.4) is 0 Å². The maximum Gasteiger partial charge on any atom is 0.212 e. The van der Waals surface area contributed by atoms with Crippen LogP contribution < -0.4 is 11.1 Å². The molecule has 0 bridgehead atoms. The van der Waals surface area contributed by atoms with E-state index in [9.17, 15) is 0 Å². The van der Waals surface area contributed by atoms with Gasteiger partial charge in [-0.25, -0.2) is 9.98 Å². The van der Waals surface area contributed by atoms with Crippen LogP contribution in [0.5, 0.6) is 0 Å². The Kier molecular flexibility index (Phi) is 3.81. The maximum absolute atomic E-state index is 9.11. The second-order valence-electron chi connectivity index (χ2n) is 7.45. The molecule has 7 nitrogen and oxygen atoms in total. The highest BCUT2D eigenvalue weighted by Gasteiger charge is 2.41. The van der Waals surface area contributed by atoms with Gasteiger partial charge in [0, 0.05) is 32.5 Å². The van der Waals surface area contributed by atoms with Crippen molar-refractivity contribution in [1.82, 2.24) is 14.5 Å². The van der Waals surface area contributed by atoms with Crippen LogP contribution in [-0.2, 0) is 12.2 Å². The van der Waals surface area contributed by atoms with Crippen molar-refractivity contribution in [3.8, 4) is 6.07 Å². The van der Waals surface area contributed by atoms with Crippen LogP contribution in [0, 0.1) is 11.3 Å². The smallest absolute Gasteiger partial charge is 0.212 e. The Morgan fingerprint density at radius 3 is 2.79 bits per heavy atom. The molecule has 1 fully saturated rings. The zero-order chi connectivity index (χ0) is 19.1. The summed E-state index contributed by atoms with van der Waals surface area (Å²) in [4.78, 5) is 12.0. The average Bonchev–Trinajstić information content (AvgIpc) is 3.09. The molecule has 0 saturated carbocycles. The minimum Gasteiger partial charge on any atom is -0.370 e. The van der Waals surface area contributed by atoms with E-state index in [1.165, 1.54) is 0 Å². The molecule has 1 saturated heterocycles. The number of hydrogen-bond acceptors (Lipinski definition) is 6. The number of anilines is 1. The second-order valence-corrected chi connectivity index (χ2v) is 7.45. The van der Waals surface area contributed by atoms with Gasteiger partial charge in [0.1, 0.15) is 5.66 Å². The molecule has 7 heteroatoms. The fourth-order valence-corrected chi connectivity index (χ4v) is 4.35. The van der Waals surface area contributed by atoms with Crippen molar-refractivity contribution < 1.29 is 0 Å². The van der Waals surface area contributed by atoms with E-state index in [0.717, 1.165) is 55.0 Å². The van der Waals surface area contributed by atoms with Crippen molar-refractivity contribution in [2.45, 2.75) is 25.0 Å². The number of benzene rings is 2. The van der Waals surface area contributed by atoms with Gasteiger partial charge in [-0.05, 0) is 29.8 Å². The van der Waals surface area contributed by atoms with Crippen molar-refractivity contribution >= 4 is 22.9 Å². The van der Waals surface area contributed by atoms with Gasteiger partial charge < -0.3 is 5.73 Å². The van der Waals surface area contributed by atoms with E-state index in [4.69, 9.17) is 21.0 Å². The lowest BCUT2D eigenvalue weighted by Crippen LogP contribution is -2.49. The van der Waals surface area contributed by atoms with Gasteiger partial charge in [0.05, 0.1) is 22.7 Å². The van der Waals surface area contributed by atoms with Gasteiger partial charge >= 0.3 is 0 Å². The Labute approximate surface area is 163 Å². The van der Waals surface area contributed by atoms with Gasteiger partial charge in [-0.3, -0.25) is 14.8 Å². The lowest BCUT2D eigenvalue weighted by molar-refractivity contribution is 0.114. The highest BCUT2D eigenvalue weighted by Crippen LogP contribution is 2.39. The number of nitriles is 1. The van der Waals surface area contributed by atoms with Crippen LogP contribution in [0.1, 0.15) is 24.0 Å². The molecule has 1 aromatic heterocycles. The van der Waals surface area contributed by atoms with Gasteiger partial charge in [0.2, 0.25) is 5.95 Å². The fourth-order valence-electron chi connectivity index (χ4n) is 4.35. The molecule has 1 spiro atoms. The number of guanidine groups is 1. The molecular formula is C21H21N7. The highest BCUT2D eigenvalue weighted by atomic mass is 15.4. The number of aliphatic imine (C=N–C) groups is 1. The van der Waals surface area contributed by atoms with Crippen molar-refractivity contribution in [1.29, 1.82) is 5.26 Å². The van der Waals surface area contributed by atoms with Crippen molar-refractivity contribution in [2.75, 3.05) is 18.4 Å². The quantitative estimate of drug-likeness (QED) is 0.722. The van der Waals surface area contributed by atoms with Gasteiger partial charge in [-0.1, -0.05) is 24.3 Å². The van der Waals surface area contributed by atoms with Gasteiger partial charge in [-0.15, -0.1) is 0 Å². The molecule has 3 N–H and O–H groups in total. The average molecular weight is 371 g/mol. The van der Waals surface area contributed by atoms with E-state index in [-0.39, 0.29) is 0 Å². The summed E-state index contributed by atoms with van der Waals surface area (Å²) in [6, 6.07) is 18.2. The van der Waals surface area contributed by atoms with E-state index in [1.54, 1.807) is 0 Å². The van der Waals surface area contributed by atoms with E-state index in [2.05, 4.69) is 33.0 Å². The highest BCUT2D eigenvalue weighted by molar-refractivity contribution is 5.94. The SMILES string of the molecule is N#Cc1cccc(CN2CCC3(CC2)N=C(N)Nc2nc4ccccc4n23)c1. The number of nitrogens with one attached hydrogen (secondary N) is 1. The second kappa shape index (κ2) is 6.36. The molecule has 0 aliphatic carbocycles. The Balaban J connectivity index is 1.42. The number of fused-ring (bicyclic) bond motifs is 4. The van der Waals surface area contributed by atoms with E-state index >= 15 is 0 Å². The van der Waals surface area contributed by atoms with E-state index < -0.39 is 5.66 Å². The minimum atomic E-state index is -0.397. The molecule has 2 aliphatic rings. The number of para-hydroxylation sites is 2. The predicted octanol–water partition coefficient (Wildman–Crippen LogP) is 2.60. The third-order valence-electron chi connectivity index (χ3n) is 5.66. The Hall–Kier alpha value is -3.37. The number of nitrogens with two attached hydrogens (primary N) is 1. The van der Waals surface area contributed by atoms with Crippen molar-refractivity contribution in [3.63, 3.8) is 0 Å². The normalized spacial score (nSPS) is 18.3. The van der Waals surface area contributed by atoms with Gasteiger partial charge in [-0.2, -0.15) is 5.26 Å². The molecule has 2 aliphatic heterocycles. The molecule has 0 unspecified atom stereocenters. The molecule has 140 valence electrons. The van der Waals surface area contributed by atoms with Crippen molar-refractivity contribution in [2.24, 2.45) is 10.7 Å². The van der Waals surface area contributed by atoms with Crippen LogP contribution in [0.25, 0.3) is 11.0 Å². The summed E-state index contributed by atoms with van der Waals surface area (Å²) in [5, 5.41) is 12.2. The molecule has 0 amide bonds. The van der Waals surface area contributed by atoms with Crippen molar-refractivity contribution in [3.05, 3.63) is 59.7 Å². The zero-order valence-electron chi connectivity index (χ0n) is 15.5. The van der Waals surface area contributed by atoms with Crippen LogP contribution in [0.2, 0.25) is 0 Å². The molecule has 3 heterocycles. The topological polar surface area (TPSA) is 95.3 Å². The number of imidazole rings is 1. The van der Waals surface area contributed by atoms with Gasteiger partial charge in [0.15, 0.2) is 5.96 Å². The molecule has 3 aromatic rings. The molecule has 0 atom stereocenters. The lowest BCUT2D eigenvalue weighted by Gasteiger charge is -2.42. The third-order valence-corrected chi connectivity index (χ3v) is 5.66. The monoisotopic (exact) mass is 371 g/mol. The first kappa shape index (κ1) is 16.8. The van der Waals surface area contributed by atoms with Crippen LogP contribution in [-0.4, -0.2) is 33.5 Å². The van der Waals surface area contributed by atoms with Crippen LogP contribution >= 0.6 is 0 Å². The fraction of sp³-hybridized carbons (Fsp3) is 0.286. The first-order valence-electron chi connectivity index (χ1n) is 9.49. The molecule has 5 rings (SSSR count). The number of likely N-dealkylation sites (tertiary alicyclic amines) is 1. The summed E-state index contributed by atoms with van der Waals surface area (Å²) in [7, 11) is 0.